The summed E-state index contributed by atoms with van der Waals surface area (Å²) in [5.41, 5.74) is 4.48. The zero-order valence-electron chi connectivity index (χ0n) is 15.2. The molecule has 2 N–H and O–H groups in total. The molecule has 2 rings (SSSR count). The molecule has 1 heterocycles. The molecule has 0 radical (unpaired) electrons. The first-order valence-corrected chi connectivity index (χ1v) is 9.27. The highest BCUT2D eigenvalue weighted by Crippen LogP contribution is 2.13. The van der Waals surface area contributed by atoms with Crippen LogP contribution in [0.25, 0.3) is 0 Å². The number of hydrogen-bond acceptors (Lipinski definition) is 6. The van der Waals surface area contributed by atoms with Gasteiger partial charge in [-0.25, -0.2) is 9.59 Å². The van der Waals surface area contributed by atoms with E-state index in [1.807, 2.05) is 36.4 Å². The number of carbonyl (C=O) groups is 2. The smallest absolute Gasteiger partial charge is 0.339 e. The molecule has 0 atom stereocenters. The molecule has 0 bridgehead atoms. The molecule has 0 fully saturated rings. The predicted octanol–water partition coefficient (Wildman–Crippen LogP) is 1.43. The second kappa shape index (κ2) is 8.51. The van der Waals surface area contributed by atoms with E-state index in [-0.39, 0.29) is 23.8 Å². The Kier molecular flexibility index (Phi) is 6.58. The Labute approximate surface area is 169 Å². The average Bonchev–Trinajstić information content (AvgIpc) is 2.62. The van der Waals surface area contributed by atoms with Gasteiger partial charge in [0, 0.05) is 17.2 Å². The zero-order valence-corrected chi connectivity index (χ0v) is 17.3. The first-order chi connectivity index (χ1) is 12.6. The summed E-state index contributed by atoms with van der Waals surface area (Å²) >= 11 is 1.98. The minimum absolute atomic E-state index is 0.0726. The van der Waals surface area contributed by atoms with E-state index in [2.05, 4.69) is 0 Å². The van der Waals surface area contributed by atoms with Gasteiger partial charge < -0.3 is 10.5 Å². The highest BCUT2D eigenvalue weighted by Gasteiger charge is 2.23. The van der Waals surface area contributed by atoms with E-state index in [1.165, 1.54) is 11.6 Å². The van der Waals surface area contributed by atoms with Gasteiger partial charge in [0.1, 0.15) is 11.4 Å². The van der Waals surface area contributed by atoms with Crippen LogP contribution in [-0.4, -0.2) is 27.5 Å². The summed E-state index contributed by atoms with van der Waals surface area (Å²) in [6.45, 7) is 3.35. The van der Waals surface area contributed by atoms with Crippen LogP contribution in [-0.2, 0) is 18.3 Å². The molecule has 0 unspecified atom stereocenters. The molecule has 1 aromatic heterocycles. The molecule has 0 aliphatic rings. The van der Waals surface area contributed by atoms with Crippen molar-refractivity contribution in [3.05, 3.63) is 59.8 Å². The first-order valence-electron chi connectivity index (χ1n) is 8.19. The number of rotatable bonds is 6. The van der Waals surface area contributed by atoms with Crippen molar-refractivity contribution in [3.63, 3.8) is 0 Å². The molecule has 144 valence electrons. The van der Waals surface area contributed by atoms with Crippen molar-refractivity contribution in [1.82, 2.24) is 9.13 Å². The van der Waals surface area contributed by atoms with E-state index < -0.39 is 29.6 Å². The lowest BCUT2D eigenvalue weighted by Crippen LogP contribution is -2.43. The van der Waals surface area contributed by atoms with Crippen molar-refractivity contribution in [2.75, 3.05) is 12.3 Å². The third kappa shape index (κ3) is 4.46. The van der Waals surface area contributed by atoms with Crippen molar-refractivity contribution in [2.45, 2.75) is 20.4 Å². The second-order valence-corrected chi connectivity index (χ2v) is 7.55. The van der Waals surface area contributed by atoms with Gasteiger partial charge in [0.15, 0.2) is 6.61 Å². The van der Waals surface area contributed by atoms with Gasteiger partial charge in [-0.1, -0.05) is 26.0 Å². The molecule has 0 aliphatic carbocycles. The fraction of sp³-hybridized carbons (Fsp3) is 0.333. The van der Waals surface area contributed by atoms with Gasteiger partial charge in [-0.3, -0.25) is 18.7 Å². The van der Waals surface area contributed by atoms with Crippen molar-refractivity contribution < 1.29 is 14.3 Å². The van der Waals surface area contributed by atoms with Gasteiger partial charge in [-0.2, -0.15) is 0 Å². The summed E-state index contributed by atoms with van der Waals surface area (Å²) in [5, 5.41) is 0. The topological polar surface area (TPSA) is 113 Å². The highest BCUT2D eigenvalue weighted by molar-refractivity contribution is 14.1. The van der Waals surface area contributed by atoms with Gasteiger partial charge >= 0.3 is 11.7 Å². The maximum atomic E-state index is 12.5. The van der Waals surface area contributed by atoms with Crippen molar-refractivity contribution in [1.29, 1.82) is 0 Å². The summed E-state index contributed by atoms with van der Waals surface area (Å²) < 4.78 is 7.73. The van der Waals surface area contributed by atoms with E-state index in [9.17, 15) is 19.2 Å². The second-order valence-electron chi connectivity index (χ2n) is 6.39. The molecule has 1 aromatic carbocycles. The average molecular weight is 485 g/mol. The predicted molar refractivity (Wildman–Crippen MR) is 109 cm³/mol. The third-order valence-electron chi connectivity index (χ3n) is 3.84. The van der Waals surface area contributed by atoms with Gasteiger partial charge in [0.25, 0.3) is 5.56 Å². The molecule has 0 amide bonds. The van der Waals surface area contributed by atoms with Crippen LogP contribution < -0.4 is 17.0 Å². The van der Waals surface area contributed by atoms with Crippen molar-refractivity contribution in [2.24, 2.45) is 13.0 Å². The van der Waals surface area contributed by atoms with Crippen molar-refractivity contribution in [3.8, 4) is 0 Å². The van der Waals surface area contributed by atoms with E-state index >= 15 is 0 Å². The fourth-order valence-electron chi connectivity index (χ4n) is 2.49. The first kappa shape index (κ1) is 20.9. The lowest BCUT2D eigenvalue weighted by Gasteiger charge is -2.16. The van der Waals surface area contributed by atoms with E-state index in [1.54, 1.807) is 24.3 Å². The van der Waals surface area contributed by atoms with Gasteiger partial charge in [-0.05, 0) is 40.6 Å². The normalized spacial score (nSPS) is 10.9. The van der Waals surface area contributed by atoms with Crippen LogP contribution in [0.2, 0.25) is 0 Å². The zero-order chi connectivity index (χ0) is 20.3. The molecule has 8 nitrogen and oxygen atoms in total. The number of nitrogens with zero attached hydrogens (tertiary/aromatic N) is 2. The maximum Gasteiger partial charge on any atom is 0.339 e. The highest BCUT2D eigenvalue weighted by atomic mass is 127. The molecule has 9 heteroatoms. The largest absolute Gasteiger partial charge is 0.454 e. The van der Waals surface area contributed by atoms with Gasteiger partial charge in [0.05, 0.1) is 5.56 Å². The van der Waals surface area contributed by atoms with Crippen LogP contribution >= 0.6 is 22.6 Å². The van der Waals surface area contributed by atoms with E-state index in [0.29, 0.717) is 9.13 Å². The van der Waals surface area contributed by atoms with Gasteiger partial charge in [-0.15, -0.1) is 0 Å². The number of nitrogens with two attached hydrogens (primary N) is 1. The summed E-state index contributed by atoms with van der Waals surface area (Å²) in [6, 6.07) is 6.75. The van der Waals surface area contributed by atoms with Crippen LogP contribution in [0.5, 0.6) is 0 Å². The molecule has 0 spiro atoms. The summed E-state index contributed by atoms with van der Waals surface area (Å²) in [6.07, 6.45) is 0. The van der Waals surface area contributed by atoms with Crippen LogP contribution in [0, 0.1) is 9.49 Å². The number of aromatic nitrogens is 2. The Bertz CT molecular complexity index is 1010. The number of benzene rings is 1. The Morgan fingerprint density at radius 2 is 1.85 bits per heavy atom. The summed E-state index contributed by atoms with van der Waals surface area (Å²) in [7, 11) is 1.27. The Morgan fingerprint density at radius 1 is 1.22 bits per heavy atom. The standard InChI is InChI=1S/C18H20IN3O5/c1-10(2)8-22-15(20)14(16(24)21(3)18(22)26)13(23)9-27-17(25)11-6-4-5-7-12(11)19/h4-7,10H,8-9,20H2,1-3H3. The number of hydrogen-bond donors (Lipinski definition) is 1. The summed E-state index contributed by atoms with van der Waals surface area (Å²) in [5.74, 6) is -1.58. The van der Waals surface area contributed by atoms with Crippen LogP contribution in [0.1, 0.15) is 34.6 Å². The SMILES string of the molecule is CC(C)Cn1c(N)c(C(=O)COC(=O)c2ccccc2I)c(=O)n(C)c1=O. The number of Topliss-reactive ketones (excluding diaryl/α,β-unsaturated/α-hetero) is 1. The maximum absolute atomic E-state index is 12.5. The number of halogens is 1. The number of esters is 1. The lowest BCUT2D eigenvalue weighted by molar-refractivity contribution is 0.0473. The molecule has 27 heavy (non-hydrogen) atoms. The Balaban J connectivity index is 2.32. The third-order valence-corrected chi connectivity index (χ3v) is 4.78. The monoisotopic (exact) mass is 485 g/mol. The number of ether oxygens (including phenoxy) is 1. The molecule has 0 aliphatic heterocycles. The van der Waals surface area contributed by atoms with Gasteiger partial charge in [0.2, 0.25) is 5.78 Å². The Hall–Kier alpha value is -2.43. The minimum atomic E-state index is -0.812. The quantitative estimate of drug-likeness (QED) is 0.377. The van der Waals surface area contributed by atoms with Crippen LogP contribution in [0.3, 0.4) is 0 Å². The molecule has 0 saturated carbocycles. The number of carbonyl (C=O) groups excluding carboxylic acids is 2. The molecular weight excluding hydrogens is 465 g/mol. The number of anilines is 1. The minimum Gasteiger partial charge on any atom is -0.454 e. The fourth-order valence-corrected chi connectivity index (χ4v) is 3.10. The van der Waals surface area contributed by atoms with E-state index in [4.69, 9.17) is 10.5 Å². The van der Waals surface area contributed by atoms with Crippen molar-refractivity contribution >= 4 is 40.2 Å². The summed E-state index contributed by atoms with van der Waals surface area (Å²) in [4.78, 5) is 49.3. The molecule has 0 saturated heterocycles. The Morgan fingerprint density at radius 3 is 2.44 bits per heavy atom. The lowest BCUT2D eigenvalue weighted by atomic mass is 10.1. The molecule has 2 aromatic rings. The molecular formula is C18H20IN3O5. The van der Waals surface area contributed by atoms with E-state index in [0.717, 1.165) is 4.57 Å². The van der Waals surface area contributed by atoms with Crippen LogP contribution in [0.4, 0.5) is 5.82 Å². The number of nitrogen functional groups attached to an aromatic ring is 1. The van der Waals surface area contributed by atoms with Crippen LogP contribution in [0.15, 0.2) is 33.9 Å². The number of ketones is 1.